The third kappa shape index (κ3) is 5.26. The summed E-state index contributed by atoms with van der Waals surface area (Å²) in [7, 11) is 6.68. The van der Waals surface area contributed by atoms with Crippen LogP contribution in [0.15, 0.2) is 42.0 Å². The zero-order valence-electron chi connectivity index (χ0n) is 21.7. The fourth-order valence-corrected chi connectivity index (χ4v) is 4.22. The Morgan fingerprint density at radius 2 is 1.56 bits per heavy atom. The van der Waals surface area contributed by atoms with Crippen molar-refractivity contribution in [2.24, 2.45) is 0 Å². The minimum absolute atomic E-state index is 0.0480. The molecule has 1 amide bonds. The Balaban J connectivity index is 2.27. The number of aliphatic hydroxyl groups is 1. The van der Waals surface area contributed by atoms with Gasteiger partial charge in [-0.1, -0.05) is 12.1 Å². The third-order valence-corrected chi connectivity index (χ3v) is 5.88. The molecule has 0 aromatic heterocycles. The number of nitrogens with zero attached hydrogens (tertiary/aromatic N) is 2. The Morgan fingerprint density at radius 1 is 0.944 bits per heavy atom. The molecule has 0 bridgehead atoms. The maximum Gasteiger partial charge on any atom is 0.295 e. The summed E-state index contributed by atoms with van der Waals surface area (Å²) >= 11 is 0. The van der Waals surface area contributed by atoms with Crippen molar-refractivity contribution in [1.82, 2.24) is 9.80 Å². The predicted molar refractivity (Wildman–Crippen MR) is 136 cm³/mol. The Kier molecular flexibility index (Phi) is 8.82. The van der Waals surface area contributed by atoms with E-state index in [4.69, 9.17) is 18.9 Å². The summed E-state index contributed by atoms with van der Waals surface area (Å²) in [6.45, 7) is 5.40. The van der Waals surface area contributed by atoms with Gasteiger partial charge in [0.15, 0.2) is 11.5 Å². The Hall–Kier alpha value is -3.72. The first-order chi connectivity index (χ1) is 17.3. The molecule has 3 rings (SSSR count). The monoisotopic (exact) mass is 498 g/mol. The van der Waals surface area contributed by atoms with Crippen molar-refractivity contribution in [2.45, 2.75) is 19.9 Å². The average molecular weight is 499 g/mol. The average Bonchev–Trinajstić information content (AvgIpc) is 3.12. The number of Topliss-reactive ketones (excluding diaryl/α,β-unsaturated/α-hetero) is 1. The van der Waals surface area contributed by atoms with E-state index in [0.29, 0.717) is 48.3 Å². The minimum atomic E-state index is -0.852. The molecule has 2 aromatic rings. The number of benzene rings is 2. The molecule has 0 aliphatic carbocycles. The van der Waals surface area contributed by atoms with Crippen molar-refractivity contribution in [3.8, 4) is 23.0 Å². The van der Waals surface area contributed by atoms with Crippen molar-refractivity contribution >= 4 is 17.4 Å². The number of hydrogen-bond acceptors (Lipinski definition) is 8. The van der Waals surface area contributed by atoms with Crippen LogP contribution in [0.2, 0.25) is 0 Å². The van der Waals surface area contributed by atoms with E-state index in [1.807, 2.05) is 32.8 Å². The number of hydrogen-bond donors (Lipinski definition) is 1. The normalized spacial score (nSPS) is 17.0. The fraction of sp³-hybridized carbons (Fsp3) is 0.407. The largest absolute Gasteiger partial charge is 0.506 e. The van der Waals surface area contributed by atoms with Gasteiger partial charge in [-0.15, -0.1) is 0 Å². The number of likely N-dealkylation sites (tertiary alicyclic amines) is 1. The molecule has 1 heterocycles. The highest BCUT2D eigenvalue weighted by molar-refractivity contribution is 6.46. The van der Waals surface area contributed by atoms with Gasteiger partial charge in [-0.3, -0.25) is 9.59 Å². The molecular weight excluding hydrogens is 464 g/mol. The highest BCUT2D eigenvalue weighted by Crippen LogP contribution is 2.44. The quantitative estimate of drug-likeness (QED) is 0.286. The second kappa shape index (κ2) is 11.8. The molecule has 1 aliphatic rings. The van der Waals surface area contributed by atoms with Crippen molar-refractivity contribution in [2.75, 3.05) is 54.6 Å². The van der Waals surface area contributed by atoms with Gasteiger partial charge in [0.1, 0.15) is 22.8 Å². The molecule has 1 atom stereocenters. The summed E-state index contributed by atoms with van der Waals surface area (Å²) in [6.07, 6.45) is 0. The van der Waals surface area contributed by atoms with Gasteiger partial charge in [-0.05, 0) is 57.8 Å². The molecule has 1 fully saturated rings. The Morgan fingerprint density at radius 3 is 2.11 bits per heavy atom. The molecule has 1 aliphatic heterocycles. The smallest absolute Gasteiger partial charge is 0.295 e. The van der Waals surface area contributed by atoms with E-state index in [0.717, 1.165) is 0 Å². The molecule has 1 unspecified atom stereocenters. The highest BCUT2D eigenvalue weighted by atomic mass is 16.5. The number of likely N-dealkylation sites (N-methyl/N-ethyl adjacent to an activating group) is 1. The molecule has 0 saturated carbocycles. The summed E-state index contributed by atoms with van der Waals surface area (Å²) < 4.78 is 22.4. The van der Waals surface area contributed by atoms with Gasteiger partial charge >= 0.3 is 0 Å². The standard InChI is InChI=1S/C27H34N2O7/c1-7-35-18-13-12-17(16-21(18)36-8-2)24-23(26(31)27(32)29(24)15-14-28(3)4)25(30)22-19(33-5)10-9-11-20(22)34-6/h9-13,16,24,30H,7-8,14-15H2,1-6H3/b25-23+. The van der Waals surface area contributed by atoms with Crippen molar-refractivity contribution in [1.29, 1.82) is 0 Å². The number of carbonyl (C=O) groups is 2. The number of carbonyl (C=O) groups excluding carboxylic acids is 2. The summed E-state index contributed by atoms with van der Waals surface area (Å²) in [5.41, 5.74) is 0.762. The summed E-state index contributed by atoms with van der Waals surface area (Å²) in [4.78, 5) is 30.0. The maximum atomic E-state index is 13.4. The van der Waals surface area contributed by atoms with E-state index < -0.39 is 17.7 Å². The van der Waals surface area contributed by atoms with Crippen LogP contribution in [0.4, 0.5) is 0 Å². The summed E-state index contributed by atoms with van der Waals surface area (Å²) in [5, 5.41) is 11.5. The van der Waals surface area contributed by atoms with Crippen LogP contribution < -0.4 is 18.9 Å². The van der Waals surface area contributed by atoms with Crippen LogP contribution in [0.3, 0.4) is 0 Å². The molecule has 0 radical (unpaired) electrons. The third-order valence-electron chi connectivity index (χ3n) is 5.88. The molecule has 194 valence electrons. The molecule has 1 saturated heterocycles. The first-order valence-electron chi connectivity index (χ1n) is 11.8. The number of ether oxygens (including phenoxy) is 4. The van der Waals surface area contributed by atoms with Crippen molar-refractivity contribution in [3.05, 3.63) is 53.1 Å². The molecular formula is C27H34N2O7. The minimum Gasteiger partial charge on any atom is -0.506 e. The fourth-order valence-electron chi connectivity index (χ4n) is 4.22. The van der Waals surface area contributed by atoms with Crippen LogP contribution in [-0.4, -0.2) is 81.2 Å². The molecule has 1 N–H and O–H groups in total. The first-order valence-corrected chi connectivity index (χ1v) is 11.8. The number of methoxy groups -OCH3 is 2. The van der Waals surface area contributed by atoms with Crippen LogP contribution in [-0.2, 0) is 9.59 Å². The van der Waals surface area contributed by atoms with Gasteiger partial charge in [0.05, 0.1) is 39.0 Å². The molecule has 9 heteroatoms. The second-order valence-corrected chi connectivity index (χ2v) is 8.41. The number of amides is 1. The molecule has 2 aromatic carbocycles. The van der Waals surface area contributed by atoms with E-state index >= 15 is 0 Å². The number of aliphatic hydroxyl groups excluding tert-OH is 1. The van der Waals surface area contributed by atoms with Crippen molar-refractivity contribution in [3.63, 3.8) is 0 Å². The lowest BCUT2D eigenvalue weighted by atomic mass is 9.94. The van der Waals surface area contributed by atoms with Crippen LogP contribution in [0.1, 0.15) is 31.0 Å². The van der Waals surface area contributed by atoms with Gasteiger partial charge in [0.25, 0.3) is 11.7 Å². The summed E-state index contributed by atoms with van der Waals surface area (Å²) in [5.74, 6) is -0.171. The number of rotatable bonds is 11. The second-order valence-electron chi connectivity index (χ2n) is 8.41. The van der Waals surface area contributed by atoms with E-state index in [-0.39, 0.29) is 23.4 Å². The summed E-state index contributed by atoms with van der Waals surface area (Å²) in [6, 6.07) is 9.44. The van der Waals surface area contributed by atoms with E-state index in [1.54, 1.807) is 36.4 Å². The lowest BCUT2D eigenvalue weighted by Crippen LogP contribution is -2.35. The highest BCUT2D eigenvalue weighted by Gasteiger charge is 2.46. The lowest BCUT2D eigenvalue weighted by molar-refractivity contribution is -0.140. The first kappa shape index (κ1) is 26.9. The van der Waals surface area contributed by atoms with E-state index in [1.165, 1.54) is 19.1 Å². The van der Waals surface area contributed by atoms with Crippen LogP contribution >= 0.6 is 0 Å². The Labute approximate surface area is 211 Å². The SMILES string of the molecule is CCOc1ccc(C2/C(=C(\O)c3c(OC)cccc3OC)C(=O)C(=O)N2CCN(C)C)cc1OCC. The Bertz CT molecular complexity index is 1120. The zero-order chi connectivity index (χ0) is 26.4. The topological polar surface area (TPSA) is 97.8 Å². The maximum absolute atomic E-state index is 13.4. The molecule has 36 heavy (non-hydrogen) atoms. The lowest BCUT2D eigenvalue weighted by Gasteiger charge is -2.27. The number of ketones is 1. The molecule has 0 spiro atoms. The molecule has 9 nitrogen and oxygen atoms in total. The van der Waals surface area contributed by atoms with Gasteiger partial charge in [0.2, 0.25) is 0 Å². The van der Waals surface area contributed by atoms with Gasteiger partial charge in [-0.25, -0.2) is 0 Å². The van der Waals surface area contributed by atoms with Crippen molar-refractivity contribution < 1.29 is 33.6 Å². The van der Waals surface area contributed by atoms with Crippen LogP contribution in [0.5, 0.6) is 23.0 Å². The van der Waals surface area contributed by atoms with Crippen LogP contribution in [0.25, 0.3) is 5.76 Å². The van der Waals surface area contributed by atoms with Gasteiger partial charge in [-0.2, -0.15) is 0 Å². The van der Waals surface area contributed by atoms with Crippen LogP contribution in [0, 0.1) is 0 Å². The van der Waals surface area contributed by atoms with E-state index in [9.17, 15) is 14.7 Å². The van der Waals surface area contributed by atoms with Gasteiger partial charge in [0, 0.05) is 13.1 Å². The van der Waals surface area contributed by atoms with Gasteiger partial charge < -0.3 is 33.9 Å². The predicted octanol–water partition coefficient (Wildman–Crippen LogP) is 3.48. The zero-order valence-corrected chi connectivity index (χ0v) is 21.7. The van der Waals surface area contributed by atoms with E-state index in [2.05, 4.69) is 0 Å².